The van der Waals surface area contributed by atoms with E-state index >= 15 is 0 Å². The summed E-state index contributed by atoms with van der Waals surface area (Å²) in [5, 5.41) is 14.6. The number of benzene rings is 1. The Kier molecular flexibility index (Phi) is 3.68. The summed E-state index contributed by atoms with van der Waals surface area (Å²) in [5.74, 6) is 0.530. The third kappa shape index (κ3) is 2.61. The minimum Gasteiger partial charge on any atom is -0.273 e. The first-order valence-electron chi connectivity index (χ1n) is 7.60. The lowest BCUT2D eigenvalue weighted by atomic mass is 9.90. The molecule has 6 heteroatoms. The maximum absolute atomic E-state index is 12.2. The summed E-state index contributed by atoms with van der Waals surface area (Å²) in [6.45, 7) is 2.19. The molecule has 0 heterocycles. The second kappa shape index (κ2) is 5.51. The van der Waals surface area contributed by atoms with Crippen LogP contribution in [0.4, 0.5) is 5.69 Å². The summed E-state index contributed by atoms with van der Waals surface area (Å²) >= 11 is 0. The van der Waals surface area contributed by atoms with Gasteiger partial charge in [0, 0.05) is 23.6 Å². The molecule has 0 unspecified atom stereocenters. The van der Waals surface area contributed by atoms with Gasteiger partial charge in [0.2, 0.25) is 5.91 Å². The minimum atomic E-state index is -0.453. The van der Waals surface area contributed by atoms with Gasteiger partial charge in [-0.05, 0) is 24.2 Å². The molecular formula is C16H19N3O3. The second-order valence-electron chi connectivity index (χ2n) is 6.42. The highest BCUT2D eigenvalue weighted by atomic mass is 16.6. The van der Waals surface area contributed by atoms with E-state index in [1.807, 2.05) is 0 Å². The fraction of sp³-hybridized carbons (Fsp3) is 0.500. The number of hydrazone groups is 1. The molecule has 3 atom stereocenters. The Labute approximate surface area is 128 Å². The number of fused-ring (bicyclic) bond motifs is 1. The Morgan fingerprint density at radius 1 is 1.50 bits per heavy atom. The third-order valence-corrected chi connectivity index (χ3v) is 5.08. The molecular weight excluding hydrogens is 282 g/mol. The van der Waals surface area contributed by atoms with Crippen LogP contribution in [0, 0.1) is 27.4 Å². The monoisotopic (exact) mass is 301 g/mol. The molecule has 116 valence electrons. The molecule has 0 radical (unpaired) electrons. The lowest BCUT2D eigenvalue weighted by molar-refractivity contribution is -0.384. The van der Waals surface area contributed by atoms with Gasteiger partial charge in [-0.2, -0.15) is 5.10 Å². The first-order chi connectivity index (χ1) is 10.5. The molecule has 2 aliphatic carbocycles. The molecule has 22 heavy (non-hydrogen) atoms. The smallest absolute Gasteiger partial charge is 0.270 e. The molecule has 0 bridgehead atoms. The zero-order chi connectivity index (χ0) is 15.7. The van der Waals surface area contributed by atoms with Crippen LogP contribution in [0.25, 0.3) is 0 Å². The van der Waals surface area contributed by atoms with Crippen LogP contribution in [-0.4, -0.2) is 17.0 Å². The Balaban J connectivity index is 1.60. The molecule has 3 rings (SSSR count). The SMILES string of the molecule is C[C@@]12CCCC[C@H]1[C@@H]2C(=O)N/N=C\c1cccc([N+](=O)[O-])c1. The summed E-state index contributed by atoms with van der Waals surface area (Å²) < 4.78 is 0. The molecule has 2 saturated carbocycles. The van der Waals surface area contributed by atoms with E-state index in [0.29, 0.717) is 11.5 Å². The number of hydrogen-bond donors (Lipinski definition) is 1. The zero-order valence-electron chi connectivity index (χ0n) is 12.5. The zero-order valence-corrected chi connectivity index (χ0v) is 12.5. The molecule has 0 spiro atoms. The molecule has 0 saturated heterocycles. The van der Waals surface area contributed by atoms with Crippen molar-refractivity contribution in [2.45, 2.75) is 32.6 Å². The fourth-order valence-corrected chi connectivity index (χ4v) is 3.81. The molecule has 1 amide bonds. The Morgan fingerprint density at radius 2 is 2.32 bits per heavy atom. The quantitative estimate of drug-likeness (QED) is 0.527. The van der Waals surface area contributed by atoms with Gasteiger partial charge in [-0.3, -0.25) is 14.9 Å². The van der Waals surface area contributed by atoms with Crippen molar-refractivity contribution in [2.24, 2.45) is 22.4 Å². The van der Waals surface area contributed by atoms with E-state index in [2.05, 4.69) is 17.5 Å². The van der Waals surface area contributed by atoms with Gasteiger partial charge in [0.05, 0.1) is 11.1 Å². The third-order valence-electron chi connectivity index (χ3n) is 5.08. The number of nitro groups is 1. The highest BCUT2D eigenvalue weighted by Gasteiger charge is 2.64. The van der Waals surface area contributed by atoms with Gasteiger partial charge in [-0.1, -0.05) is 31.9 Å². The van der Waals surface area contributed by atoms with E-state index in [9.17, 15) is 14.9 Å². The van der Waals surface area contributed by atoms with Crippen LogP contribution in [-0.2, 0) is 4.79 Å². The van der Waals surface area contributed by atoms with Crippen LogP contribution < -0.4 is 5.43 Å². The lowest BCUT2D eigenvalue weighted by Crippen LogP contribution is -2.22. The lowest BCUT2D eigenvalue weighted by Gasteiger charge is -2.15. The average molecular weight is 301 g/mol. The molecule has 0 aromatic heterocycles. The van der Waals surface area contributed by atoms with E-state index in [1.165, 1.54) is 31.2 Å². The normalized spacial score (nSPS) is 29.9. The number of nitro benzene ring substituents is 1. The molecule has 6 nitrogen and oxygen atoms in total. The van der Waals surface area contributed by atoms with Crippen LogP contribution in [0.5, 0.6) is 0 Å². The average Bonchev–Trinajstić information content (AvgIpc) is 3.13. The Hall–Kier alpha value is -2.24. The predicted octanol–water partition coefficient (Wildman–Crippen LogP) is 2.87. The van der Waals surface area contributed by atoms with Gasteiger partial charge in [-0.15, -0.1) is 0 Å². The highest BCUT2D eigenvalue weighted by molar-refractivity contribution is 5.86. The maximum Gasteiger partial charge on any atom is 0.270 e. The van der Waals surface area contributed by atoms with Crippen molar-refractivity contribution < 1.29 is 9.72 Å². The van der Waals surface area contributed by atoms with Crippen molar-refractivity contribution >= 4 is 17.8 Å². The molecule has 1 N–H and O–H groups in total. The van der Waals surface area contributed by atoms with E-state index in [4.69, 9.17) is 0 Å². The van der Waals surface area contributed by atoms with Crippen LogP contribution in [0.1, 0.15) is 38.2 Å². The van der Waals surface area contributed by atoms with Crippen LogP contribution in [0.2, 0.25) is 0 Å². The topological polar surface area (TPSA) is 84.6 Å². The summed E-state index contributed by atoms with van der Waals surface area (Å²) in [6, 6.07) is 6.15. The largest absolute Gasteiger partial charge is 0.273 e. The van der Waals surface area contributed by atoms with Gasteiger partial charge in [-0.25, -0.2) is 5.43 Å². The number of nitrogens with one attached hydrogen (secondary N) is 1. The predicted molar refractivity (Wildman–Crippen MR) is 82.4 cm³/mol. The number of non-ortho nitro benzene ring substituents is 1. The van der Waals surface area contributed by atoms with E-state index < -0.39 is 4.92 Å². The summed E-state index contributed by atoms with van der Waals surface area (Å²) in [7, 11) is 0. The second-order valence-corrected chi connectivity index (χ2v) is 6.42. The number of rotatable bonds is 4. The van der Waals surface area contributed by atoms with Crippen molar-refractivity contribution in [2.75, 3.05) is 0 Å². The van der Waals surface area contributed by atoms with Crippen molar-refractivity contribution in [1.82, 2.24) is 5.43 Å². The van der Waals surface area contributed by atoms with E-state index in [1.54, 1.807) is 12.1 Å². The Morgan fingerprint density at radius 3 is 3.00 bits per heavy atom. The van der Waals surface area contributed by atoms with E-state index in [0.717, 1.165) is 12.8 Å². The van der Waals surface area contributed by atoms with Crippen molar-refractivity contribution in [1.29, 1.82) is 0 Å². The van der Waals surface area contributed by atoms with Crippen LogP contribution >= 0.6 is 0 Å². The molecule has 1 aromatic rings. The minimum absolute atomic E-state index is 0.0102. The van der Waals surface area contributed by atoms with Crippen molar-refractivity contribution in [3.05, 3.63) is 39.9 Å². The number of carbonyl (C=O) groups excluding carboxylic acids is 1. The first-order valence-corrected chi connectivity index (χ1v) is 7.60. The first kappa shape index (κ1) is 14.7. The molecule has 1 aromatic carbocycles. The number of amides is 1. The number of hydrogen-bond acceptors (Lipinski definition) is 4. The summed E-state index contributed by atoms with van der Waals surface area (Å²) in [6.07, 6.45) is 6.10. The number of nitrogens with zero attached hydrogens (tertiary/aromatic N) is 2. The summed E-state index contributed by atoms with van der Waals surface area (Å²) in [5.41, 5.74) is 3.34. The highest BCUT2D eigenvalue weighted by Crippen LogP contribution is 2.66. The molecule has 0 aliphatic heterocycles. The van der Waals surface area contributed by atoms with Gasteiger partial charge in [0.15, 0.2) is 0 Å². The van der Waals surface area contributed by atoms with Crippen LogP contribution in [0.3, 0.4) is 0 Å². The van der Waals surface area contributed by atoms with Gasteiger partial charge < -0.3 is 0 Å². The fourth-order valence-electron chi connectivity index (χ4n) is 3.81. The standard InChI is InChI=1S/C16H19N3O3/c1-16-8-3-2-7-13(16)14(16)15(20)18-17-10-11-5-4-6-12(9-11)19(21)22/h4-6,9-10,13-14H,2-3,7-8H2,1H3,(H,18,20)/b17-10-/t13-,14+,16+/m0/s1. The van der Waals surface area contributed by atoms with Crippen molar-refractivity contribution in [3.8, 4) is 0 Å². The number of carbonyl (C=O) groups is 1. The van der Waals surface area contributed by atoms with Gasteiger partial charge in [0.25, 0.3) is 5.69 Å². The van der Waals surface area contributed by atoms with Gasteiger partial charge >= 0.3 is 0 Å². The molecule has 2 aliphatic rings. The van der Waals surface area contributed by atoms with E-state index in [-0.39, 0.29) is 22.9 Å². The van der Waals surface area contributed by atoms with Crippen molar-refractivity contribution in [3.63, 3.8) is 0 Å². The van der Waals surface area contributed by atoms with Crippen LogP contribution in [0.15, 0.2) is 29.4 Å². The molecule has 2 fully saturated rings. The van der Waals surface area contributed by atoms with Gasteiger partial charge in [0.1, 0.15) is 0 Å². The Bertz CT molecular complexity index is 643. The summed E-state index contributed by atoms with van der Waals surface area (Å²) in [4.78, 5) is 22.5. The maximum atomic E-state index is 12.2.